The Morgan fingerprint density at radius 3 is 2.68 bits per heavy atom. The number of aromatic nitrogens is 1. The molecule has 0 spiro atoms. The summed E-state index contributed by atoms with van der Waals surface area (Å²) in [4.78, 5) is 14.5. The fourth-order valence-corrected chi connectivity index (χ4v) is 2.55. The van der Waals surface area contributed by atoms with E-state index in [1.807, 2.05) is 0 Å². The summed E-state index contributed by atoms with van der Waals surface area (Å²) in [7, 11) is 0. The van der Waals surface area contributed by atoms with Gasteiger partial charge in [0.1, 0.15) is 6.29 Å². The van der Waals surface area contributed by atoms with Crippen molar-refractivity contribution in [2.45, 2.75) is 19.0 Å². The molecule has 0 aliphatic rings. The van der Waals surface area contributed by atoms with E-state index < -0.39 is 11.7 Å². The lowest BCUT2D eigenvalue weighted by Gasteiger charge is -2.11. The number of hydrogen-bond acceptors (Lipinski definition) is 3. The van der Waals surface area contributed by atoms with Gasteiger partial charge in [0.15, 0.2) is 0 Å². The lowest BCUT2D eigenvalue weighted by molar-refractivity contribution is -0.138. The van der Waals surface area contributed by atoms with Gasteiger partial charge < -0.3 is 4.79 Å². The highest BCUT2D eigenvalue weighted by molar-refractivity contribution is 7.09. The third-order valence-electron chi connectivity index (χ3n) is 2.56. The fourth-order valence-electron chi connectivity index (χ4n) is 1.72. The standard InChI is InChI=1S/C13H10F3NOS/c14-13(15,16)11-4-2-1-3-9(11)7-12-17-10(5-6-18)8-19-12/h1-4,6,8H,5,7H2. The molecule has 0 N–H and O–H groups in total. The quantitative estimate of drug-likeness (QED) is 0.805. The van der Waals surface area contributed by atoms with Crippen molar-refractivity contribution in [3.05, 3.63) is 51.5 Å². The van der Waals surface area contributed by atoms with Gasteiger partial charge in [0.25, 0.3) is 0 Å². The molecule has 0 aliphatic carbocycles. The Balaban J connectivity index is 2.25. The van der Waals surface area contributed by atoms with E-state index in [0.29, 0.717) is 10.7 Å². The summed E-state index contributed by atoms with van der Waals surface area (Å²) in [6.07, 6.45) is -3.32. The van der Waals surface area contributed by atoms with Gasteiger partial charge in [0.05, 0.1) is 16.3 Å². The first-order valence-electron chi connectivity index (χ1n) is 5.52. The van der Waals surface area contributed by atoms with E-state index >= 15 is 0 Å². The molecular weight excluding hydrogens is 275 g/mol. The van der Waals surface area contributed by atoms with Gasteiger partial charge in [-0.15, -0.1) is 11.3 Å². The molecule has 0 amide bonds. The van der Waals surface area contributed by atoms with Crippen LogP contribution in [-0.2, 0) is 23.8 Å². The summed E-state index contributed by atoms with van der Waals surface area (Å²) in [6, 6.07) is 5.45. The van der Waals surface area contributed by atoms with Crippen LogP contribution in [0.4, 0.5) is 13.2 Å². The first-order chi connectivity index (χ1) is 9.00. The second-order valence-electron chi connectivity index (χ2n) is 3.94. The summed E-state index contributed by atoms with van der Waals surface area (Å²) in [6.45, 7) is 0. The Morgan fingerprint density at radius 2 is 2.00 bits per heavy atom. The average molecular weight is 285 g/mol. The molecule has 0 saturated heterocycles. The van der Waals surface area contributed by atoms with Crippen molar-refractivity contribution >= 4 is 17.6 Å². The Hall–Kier alpha value is -1.69. The van der Waals surface area contributed by atoms with Crippen LogP contribution in [0.2, 0.25) is 0 Å². The van der Waals surface area contributed by atoms with E-state index in [2.05, 4.69) is 4.98 Å². The van der Waals surface area contributed by atoms with Gasteiger partial charge in [-0.1, -0.05) is 18.2 Å². The van der Waals surface area contributed by atoms with Crippen LogP contribution in [0.25, 0.3) is 0 Å². The van der Waals surface area contributed by atoms with E-state index in [0.717, 1.165) is 12.4 Å². The number of rotatable bonds is 4. The second-order valence-corrected chi connectivity index (χ2v) is 4.88. The third-order valence-corrected chi connectivity index (χ3v) is 3.45. The summed E-state index contributed by atoms with van der Waals surface area (Å²) < 4.78 is 38.4. The van der Waals surface area contributed by atoms with Crippen molar-refractivity contribution in [3.63, 3.8) is 0 Å². The zero-order valence-corrected chi connectivity index (χ0v) is 10.6. The highest BCUT2D eigenvalue weighted by Gasteiger charge is 2.32. The van der Waals surface area contributed by atoms with Gasteiger partial charge in [-0.3, -0.25) is 0 Å². The van der Waals surface area contributed by atoms with Crippen molar-refractivity contribution < 1.29 is 18.0 Å². The number of carbonyl (C=O) groups is 1. The molecule has 1 heterocycles. The lowest BCUT2D eigenvalue weighted by Crippen LogP contribution is -2.09. The van der Waals surface area contributed by atoms with E-state index in [-0.39, 0.29) is 18.4 Å². The zero-order valence-electron chi connectivity index (χ0n) is 9.78. The highest BCUT2D eigenvalue weighted by Crippen LogP contribution is 2.33. The number of hydrogen-bond donors (Lipinski definition) is 0. The topological polar surface area (TPSA) is 30.0 Å². The highest BCUT2D eigenvalue weighted by atomic mass is 32.1. The Kier molecular flexibility index (Phi) is 3.99. The SMILES string of the molecule is O=CCc1csc(Cc2ccccc2C(F)(F)F)n1. The minimum atomic E-state index is -4.36. The molecule has 6 heteroatoms. The van der Waals surface area contributed by atoms with Gasteiger partial charge in [0, 0.05) is 18.2 Å². The number of carbonyl (C=O) groups excluding carboxylic acids is 1. The van der Waals surface area contributed by atoms with E-state index in [9.17, 15) is 18.0 Å². The fraction of sp³-hybridized carbons (Fsp3) is 0.231. The molecule has 0 radical (unpaired) electrons. The van der Waals surface area contributed by atoms with Gasteiger partial charge in [-0.25, -0.2) is 4.98 Å². The van der Waals surface area contributed by atoms with Crippen LogP contribution < -0.4 is 0 Å². The molecule has 2 rings (SSSR count). The molecule has 0 unspecified atom stereocenters. The number of nitrogens with zero attached hydrogens (tertiary/aromatic N) is 1. The molecule has 100 valence electrons. The lowest BCUT2D eigenvalue weighted by atomic mass is 10.0. The van der Waals surface area contributed by atoms with Crippen molar-refractivity contribution in [2.75, 3.05) is 0 Å². The van der Waals surface area contributed by atoms with Crippen LogP contribution in [0.5, 0.6) is 0 Å². The predicted molar refractivity (Wildman–Crippen MR) is 66.1 cm³/mol. The molecule has 0 atom stereocenters. The molecule has 0 fully saturated rings. The van der Waals surface area contributed by atoms with Crippen molar-refractivity contribution in [2.24, 2.45) is 0 Å². The monoisotopic (exact) mass is 285 g/mol. The van der Waals surface area contributed by atoms with Crippen molar-refractivity contribution in [1.29, 1.82) is 0 Å². The van der Waals surface area contributed by atoms with Gasteiger partial charge >= 0.3 is 6.18 Å². The average Bonchev–Trinajstić information content (AvgIpc) is 2.76. The smallest absolute Gasteiger partial charge is 0.303 e. The van der Waals surface area contributed by atoms with Crippen LogP contribution in [0.15, 0.2) is 29.6 Å². The number of aldehydes is 1. The van der Waals surface area contributed by atoms with Gasteiger partial charge in [-0.05, 0) is 11.6 Å². The zero-order chi connectivity index (χ0) is 13.9. The number of halogens is 3. The maximum Gasteiger partial charge on any atom is 0.416 e. The van der Waals surface area contributed by atoms with E-state index in [4.69, 9.17) is 0 Å². The van der Waals surface area contributed by atoms with E-state index in [1.165, 1.54) is 23.5 Å². The van der Waals surface area contributed by atoms with E-state index in [1.54, 1.807) is 11.4 Å². The predicted octanol–water partition coefficient (Wildman–Crippen LogP) is 3.49. The summed E-state index contributed by atoms with van der Waals surface area (Å²) in [5.74, 6) is 0. The molecule has 2 aromatic rings. The first kappa shape index (κ1) is 13.7. The minimum absolute atomic E-state index is 0.124. The second kappa shape index (κ2) is 5.52. The van der Waals surface area contributed by atoms with Crippen LogP contribution >= 0.6 is 11.3 Å². The minimum Gasteiger partial charge on any atom is -0.303 e. The summed E-state index contributed by atoms with van der Waals surface area (Å²) in [5, 5.41) is 2.27. The normalized spacial score (nSPS) is 11.5. The molecule has 1 aromatic carbocycles. The number of alkyl halides is 3. The Morgan fingerprint density at radius 1 is 1.26 bits per heavy atom. The molecule has 0 aliphatic heterocycles. The number of thiazole rings is 1. The molecule has 19 heavy (non-hydrogen) atoms. The van der Waals surface area contributed by atoms with Gasteiger partial charge in [-0.2, -0.15) is 13.2 Å². The maximum atomic E-state index is 12.8. The third kappa shape index (κ3) is 3.41. The van der Waals surface area contributed by atoms with Crippen molar-refractivity contribution in [1.82, 2.24) is 4.98 Å². The van der Waals surface area contributed by atoms with Crippen LogP contribution in [-0.4, -0.2) is 11.3 Å². The van der Waals surface area contributed by atoms with Crippen LogP contribution in [0.3, 0.4) is 0 Å². The van der Waals surface area contributed by atoms with Crippen LogP contribution in [0, 0.1) is 0 Å². The first-order valence-corrected chi connectivity index (χ1v) is 6.40. The number of benzene rings is 1. The maximum absolute atomic E-state index is 12.8. The summed E-state index contributed by atoms with van der Waals surface area (Å²) >= 11 is 1.27. The molecule has 0 bridgehead atoms. The largest absolute Gasteiger partial charge is 0.416 e. The van der Waals surface area contributed by atoms with Crippen molar-refractivity contribution in [3.8, 4) is 0 Å². The Bertz CT molecular complexity index is 577. The van der Waals surface area contributed by atoms with Crippen LogP contribution in [0.1, 0.15) is 21.8 Å². The Labute approximate surface area is 111 Å². The molecule has 0 saturated carbocycles. The molecular formula is C13H10F3NOS. The molecule has 2 nitrogen and oxygen atoms in total. The van der Waals surface area contributed by atoms with Gasteiger partial charge in [0.2, 0.25) is 0 Å². The molecule has 1 aromatic heterocycles. The summed E-state index contributed by atoms with van der Waals surface area (Å²) in [5.41, 5.74) is 0.156.